The second-order valence-electron chi connectivity index (χ2n) is 4.65. The van der Waals surface area contributed by atoms with Crippen LogP contribution in [0, 0.1) is 0 Å². The molecule has 0 aliphatic heterocycles. The van der Waals surface area contributed by atoms with Crippen molar-refractivity contribution >= 4 is 0 Å². The molecule has 1 unspecified atom stereocenters. The predicted molar refractivity (Wildman–Crippen MR) is 81.2 cm³/mol. The number of methoxy groups -OCH3 is 2. The Kier molecular flexibility index (Phi) is 5.02. The Morgan fingerprint density at radius 1 is 0.900 bits per heavy atom. The Morgan fingerprint density at radius 3 is 2.05 bits per heavy atom. The van der Waals surface area contributed by atoms with Crippen molar-refractivity contribution in [3.8, 4) is 11.5 Å². The molecule has 0 saturated heterocycles. The van der Waals surface area contributed by atoms with E-state index < -0.39 is 0 Å². The summed E-state index contributed by atoms with van der Waals surface area (Å²) in [5, 5.41) is 3.50. The van der Waals surface area contributed by atoms with Crippen LogP contribution in [0.25, 0.3) is 0 Å². The zero-order valence-corrected chi connectivity index (χ0v) is 12.2. The van der Waals surface area contributed by atoms with Crippen LogP contribution < -0.4 is 14.8 Å². The van der Waals surface area contributed by atoms with Gasteiger partial charge in [-0.05, 0) is 24.6 Å². The molecule has 20 heavy (non-hydrogen) atoms. The van der Waals surface area contributed by atoms with Gasteiger partial charge in [-0.25, -0.2) is 0 Å². The molecule has 0 heterocycles. The van der Waals surface area contributed by atoms with Crippen molar-refractivity contribution in [3.63, 3.8) is 0 Å². The van der Waals surface area contributed by atoms with Gasteiger partial charge in [0.2, 0.25) is 0 Å². The molecule has 0 aliphatic carbocycles. The maximum atomic E-state index is 5.41. The van der Waals surface area contributed by atoms with Crippen LogP contribution in [0.5, 0.6) is 11.5 Å². The number of rotatable bonds is 6. The average Bonchev–Trinajstić information content (AvgIpc) is 2.52. The van der Waals surface area contributed by atoms with Gasteiger partial charge >= 0.3 is 0 Å². The van der Waals surface area contributed by atoms with E-state index >= 15 is 0 Å². The number of benzene rings is 2. The van der Waals surface area contributed by atoms with Gasteiger partial charge in [-0.15, -0.1) is 0 Å². The maximum Gasteiger partial charge on any atom is 0.127 e. The molecule has 0 radical (unpaired) electrons. The van der Waals surface area contributed by atoms with Crippen molar-refractivity contribution in [2.45, 2.75) is 19.5 Å². The second kappa shape index (κ2) is 6.96. The van der Waals surface area contributed by atoms with Crippen molar-refractivity contribution in [3.05, 3.63) is 59.7 Å². The van der Waals surface area contributed by atoms with Crippen molar-refractivity contribution in [2.24, 2.45) is 0 Å². The number of hydrogen-bond acceptors (Lipinski definition) is 3. The van der Waals surface area contributed by atoms with E-state index in [0.29, 0.717) is 6.54 Å². The molecule has 1 N–H and O–H groups in total. The van der Waals surface area contributed by atoms with E-state index in [4.69, 9.17) is 9.47 Å². The molecule has 0 bridgehead atoms. The summed E-state index contributed by atoms with van der Waals surface area (Å²) in [4.78, 5) is 0. The number of ether oxygens (including phenoxy) is 2. The van der Waals surface area contributed by atoms with Crippen LogP contribution in [0.1, 0.15) is 24.1 Å². The molecule has 0 saturated carbocycles. The Labute approximate surface area is 120 Å². The van der Waals surface area contributed by atoms with Crippen LogP contribution in [0.3, 0.4) is 0 Å². The monoisotopic (exact) mass is 271 g/mol. The standard InChI is InChI=1S/C17H21NO2/c1-13(14-8-5-4-6-9-14)18-12-15-16(19-2)10-7-11-17(15)20-3/h4-11,13,18H,12H2,1-3H3. The van der Waals surface area contributed by atoms with Crippen LogP contribution in [-0.4, -0.2) is 14.2 Å². The first kappa shape index (κ1) is 14.4. The first-order chi connectivity index (χ1) is 9.76. The zero-order valence-electron chi connectivity index (χ0n) is 12.2. The van der Waals surface area contributed by atoms with Gasteiger partial charge in [0.05, 0.1) is 14.2 Å². The molecule has 2 aromatic carbocycles. The summed E-state index contributed by atoms with van der Waals surface area (Å²) >= 11 is 0. The van der Waals surface area contributed by atoms with Gasteiger partial charge in [0.1, 0.15) is 11.5 Å². The highest BCUT2D eigenvalue weighted by Gasteiger charge is 2.11. The lowest BCUT2D eigenvalue weighted by Crippen LogP contribution is -2.18. The highest BCUT2D eigenvalue weighted by Crippen LogP contribution is 2.28. The molecule has 0 aliphatic rings. The third-order valence-corrected chi connectivity index (χ3v) is 3.41. The molecule has 0 amide bonds. The van der Waals surface area contributed by atoms with Gasteiger partial charge in [0, 0.05) is 18.2 Å². The number of nitrogens with one attached hydrogen (secondary N) is 1. The van der Waals surface area contributed by atoms with Gasteiger partial charge in [-0.3, -0.25) is 0 Å². The fraction of sp³-hybridized carbons (Fsp3) is 0.294. The highest BCUT2D eigenvalue weighted by molar-refractivity contribution is 5.44. The van der Waals surface area contributed by atoms with Crippen molar-refractivity contribution in [1.82, 2.24) is 5.32 Å². The van der Waals surface area contributed by atoms with E-state index in [1.165, 1.54) is 5.56 Å². The third-order valence-electron chi connectivity index (χ3n) is 3.41. The van der Waals surface area contributed by atoms with Gasteiger partial charge in [-0.1, -0.05) is 36.4 Å². The molecule has 106 valence electrons. The van der Waals surface area contributed by atoms with E-state index in [2.05, 4.69) is 36.5 Å². The van der Waals surface area contributed by atoms with Gasteiger partial charge in [0.15, 0.2) is 0 Å². The van der Waals surface area contributed by atoms with Crippen molar-refractivity contribution < 1.29 is 9.47 Å². The van der Waals surface area contributed by atoms with Crippen molar-refractivity contribution in [1.29, 1.82) is 0 Å². The van der Waals surface area contributed by atoms with Crippen LogP contribution >= 0.6 is 0 Å². The topological polar surface area (TPSA) is 30.5 Å². The summed E-state index contributed by atoms with van der Waals surface area (Å²) in [6, 6.07) is 16.5. The molecule has 0 spiro atoms. The van der Waals surface area contributed by atoms with Crippen LogP contribution in [-0.2, 0) is 6.54 Å². The lowest BCUT2D eigenvalue weighted by atomic mass is 10.1. The molecule has 0 aromatic heterocycles. The predicted octanol–water partition coefficient (Wildman–Crippen LogP) is 3.55. The minimum atomic E-state index is 0.269. The zero-order chi connectivity index (χ0) is 14.4. The van der Waals surface area contributed by atoms with Gasteiger partial charge < -0.3 is 14.8 Å². The average molecular weight is 271 g/mol. The fourth-order valence-corrected chi connectivity index (χ4v) is 2.22. The Balaban J connectivity index is 2.11. The Bertz CT molecular complexity index is 518. The van der Waals surface area contributed by atoms with Crippen molar-refractivity contribution in [2.75, 3.05) is 14.2 Å². The van der Waals surface area contributed by atoms with Gasteiger partial charge in [0.25, 0.3) is 0 Å². The van der Waals surface area contributed by atoms with E-state index in [9.17, 15) is 0 Å². The van der Waals surface area contributed by atoms with Gasteiger partial charge in [-0.2, -0.15) is 0 Å². The van der Waals surface area contributed by atoms with Crippen LogP contribution in [0.15, 0.2) is 48.5 Å². The second-order valence-corrected chi connectivity index (χ2v) is 4.65. The molecular formula is C17H21NO2. The highest BCUT2D eigenvalue weighted by atomic mass is 16.5. The third kappa shape index (κ3) is 3.31. The summed E-state index contributed by atoms with van der Waals surface area (Å²) in [7, 11) is 3.36. The summed E-state index contributed by atoms with van der Waals surface area (Å²) in [5.41, 5.74) is 2.31. The number of hydrogen-bond donors (Lipinski definition) is 1. The summed E-state index contributed by atoms with van der Waals surface area (Å²) in [6.45, 7) is 2.85. The molecule has 2 aromatic rings. The minimum absolute atomic E-state index is 0.269. The lowest BCUT2D eigenvalue weighted by molar-refractivity contribution is 0.380. The largest absolute Gasteiger partial charge is 0.496 e. The Morgan fingerprint density at radius 2 is 1.50 bits per heavy atom. The fourth-order valence-electron chi connectivity index (χ4n) is 2.22. The van der Waals surface area contributed by atoms with E-state index in [1.807, 2.05) is 24.3 Å². The molecule has 2 rings (SSSR count). The first-order valence-electron chi connectivity index (χ1n) is 6.74. The molecule has 0 fully saturated rings. The molecule has 3 nitrogen and oxygen atoms in total. The summed E-state index contributed by atoms with van der Waals surface area (Å²) < 4.78 is 10.8. The first-order valence-corrected chi connectivity index (χ1v) is 6.74. The quantitative estimate of drug-likeness (QED) is 0.871. The molecule has 3 heteroatoms. The lowest BCUT2D eigenvalue weighted by Gasteiger charge is -2.17. The molecule has 1 atom stereocenters. The minimum Gasteiger partial charge on any atom is -0.496 e. The smallest absolute Gasteiger partial charge is 0.127 e. The van der Waals surface area contributed by atoms with E-state index in [1.54, 1.807) is 14.2 Å². The Hall–Kier alpha value is -2.00. The van der Waals surface area contributed by atoms with Crippen LogP contribution in [0.2, 0.25) is 0 Å². The summed E-state index contributed by atoms with van der Waals surface area (Å²) in [5.74, 6) is 1.69. The SMILES string of the molecule is COc1cccc(OC)c1CNC(C)c1ccccc1. The van der Waals surface area contributed by atoms with E-state index in [0.717, 1.165) is 17.1 Å². The summed E-state index contributed by atoms with van der Waals surface area (Å²) in [6.07, 6.45) is 0. The normalized spacial score (nSPS) is 11.9. The van der Waals surface area contributed by atoms with Crippen LogP contribution in [0.4, 0.5) is 0 Å². The maximum absolute atomic E-state index is 5.41. The molecular weight excluding hydrogens is 250 g/mol. The van der Waals surface area contributed by atoms with E-state index in [-0.39, 0.29) is 6.04 Å².